The molecule has 0 radical (unpaired) electrons. The van der Waals surface area contributed by atoms with Crippen molar-refractivity contribution in [1.82, 2.24) is 15.4 Å². The Hall–Kier alpha value is -1.74. The molecule has 2 aliphatic rings. The number of rotatable bonds is 10. The van der Waals surface area contributed by atoms with Gasteiger partial charge in [-0.3, -0.25) is 14.5 Å². The first-order valence-corrected chi connectivity index (χ1v) is 14.0. The number of hydrogen-bond acceptors (Lipinski definition) is 7. The first-order chi connectivity index (χ1) is 17.4. The van der Waals surface area contributed by atoms with Crippen LogP contribution in [0.3, 0.4) is 0 Å². The van der Waals surface area contributed by atoms with Crippen molar-refractivity contribution in [2.45, 2.75) is 142 Å². The maximum Gasteiger partial charge on any atom is 0.337 e. The summed E-state index contributed by atoms with van der Waals surface area (Å²) >= 11 is 0. The van der Waals surface area contributed by atoms with Crippen LogP contribution in [-0.2, 0) is 24.0 Å². The predicted octanol–water partition coefficient (Wildman–Crippen LogP) is 5.73. The second-order valence-corrected chi connectivity index (χ2v) is 13.0. The van der Waals surface area contributed by atoms with Crippen LogP contribution in [0.5, 0.6) is 0 Å². The lowest BCUT2D eigenvalue weighted by Gasteiger charge is -2.51. The summed E-state index contributed by atoms with van der Waals surface area (Å²) in [7, 11) is 0. The molecule has 0 spiro atoms. The van der Waals surface area contributed by atoms with Crippen LogP contribution in [0, 0.1) is 0 Å². The molecule has 220 valence electrons. The van der Waals surface area contributed by atoms with Crippen molar-refractivity contribution in [2.24, 2.45) is 0 Å². The number of hydroxylamine groups is 4. The number of amides is 1. The second kappa shape index (κ2) is 14.1. The number of carbonyl (C=O) groups excluding carboxylic acids is 2. The number of piperidine rings is 2. The Balaban J connectivity index is 0.000000380. The van der Waals surface area contributed by atoms with Crippen LogP contribution >= 0.6 is 0 Å². The van der Waals surface area contributed by atoms with Crippen molar-refractivity contribution >= 4 is 11.9 Å². The fourth-order valence-electron chi connectivity index (χ4n) is 5.50. The molecule has 0 aliphatic carbocycles. The van der Waals surface area contributed by atoms with Gasteiger partial charge in [0.15, 0.2) is 12.2 Å². The summed E-state index contributed by atoms with van der Waals surface area (Å²) in [5, 5.41) is 6.76. The first-order valence-electron chi connectivity index (χ1n) is 14.0. The van der Waals surface area contributed by atoms with E-state index in [4.69, 9.17) is 14.4 Å². The topological polar surface area (TPSA) is 80.3 Å². The summed E-state index contributed by atoms with van der Waals surface area (Å²) in [6.45, 7) is 28.6. The minimum atomic E-state index is -0.600. The normalized spacial score (nSPS) is 23.6. The Kier molecular flexibility index (Phi) is 12.7. The molecular weight excluding hydrogens is 482 g/mol. The minimum Gasteiger partial charge on any atom is -0.459 e. The summed E-state index contributed by atoms with van der Waals surface area (Å²) in [6.07, 6.45) is 8.78. The molecule has 2 saturated heterocycles. The maximum atomic E-state index is 11.9. The molecule has 38 heavy (non-hydrogen) atoms. The van der Waals surface area contributed by atoms with Gasteiger partial charge in [0.1, 0.15) is 6.61 Å². The van der Waals surface area contributed by atoms with Crippen LogP contribution in [0.15, 0.2) is 25.3 Å². The molecule has 2 unspecified atom stereocenters. The molecule has 1 N–H and O–H groups in total. The summed E-state index contributed by atoms with van der Waals surface area (Å²) in [6, 6.07) is 0. The van der Waals surface area contributed by atoms with E-state index >= 15 is 0 Å². The lowest BCUT2D eigenvalue weighted by atomic mass is 9.82. The number of nitrogens with one attached hydrogen (secondary N) is 1. The van der Waals surface area contributed by atoms with Crippen molar-refractivity contribution < 1.29 is 24.0 Å². The summed E-state index contributed by atoms with van der Waals surface area (Å²) < 4.78 is 5.02. The molecule has 0 saturated carbocycles. The van der Waals surface area contributed by atoms with E-state index in [1.807, 2.05) is 10.1 Å². The molecule has 2 atom stereocenters. The van der Waals surface area contributed by atoms with Gasteiger partial charge in [0.25, 0.3) is 5.91 Å². The fourth-order valence-corrected chi connectivity index (χ4v) is 5.50. The highest BCUT2D eigenvalue weighted by Gasteiger charge is 2.45. The number of hydrogen-bond donors (Lipinski definition) is 1. The monoisotopic (exact) mass is 537 g/mol. The first kappa shape index (κ1) is 34.3. The SMILES string of the molecule is C=CCNC(=O)C(C)ON1C(C)(C)CCCC1(C)C.C=CCOC(=O)C(C)ON1C(C)(C)CCCC1(C)C. The summed E-state index contributed by atoms with van der Waals surface area (Å²) in [5.74, 6) is -0.450. The molecule has 2 aliphatic heterocycles. The van der Waals surface area contributed by atoms with Gasteiger partial charge in [0.05, 0.1) is 0 Å². The predicted molar refractivity (Wildman–Crippen MR) is 153 cm³/mol. The van der Waals surface area contributed by atoms with Crippen LogP contribution in [0.4, 0.5) is 0 Å². The van der Waals surface area contributed by atoms with Crippen LogP contribution in [0.2, 0.25) is 0 Å². The average molecular weight is 538 g/mol. The van der Waals surface area contributed by atoms with Crippen LogP contribution in [-0.4, -0.2) is 69.5 Å². The van der Waals surface area contributed by atoms with E-state index in [2.05, 4.69) is 73.9 Å². The Labute approximate surface area is 232 Å². The molecule has 1 amide bonds. The minimum absolute atomic E-state index is 0.0469. The third-order valence-corrected chi connectivity index (χ3v) is 7.35. The van der Waals surface area contributed by atoms with Crippen LogP contribution < -0.4 is 5.32 Å². The van der Waals surface area contributed by atoms with E-state index in [1.54, 1.807) is 26.0 Å². The number of ether oxygens (including phenoxy) is 1. The van der Waals surface area contributed by atoms with Gasteiger partial charge in [-0.2, -0.15) is 10.1 Å². The number of esters is 1. The molecule has 0 bridgehead atoms. The highest BCUT2D eigenvalue weighted by atomic mass is 16.7. The lowest BCUT2D eigenvalue weighted by Crippen LogP contribution is -2.60. The molecule has 0 aromatic heterocycles. The quantitative estimate of drug-likeness (QED) is 0.282. The Morgan fingerprint density at radius 3 is 1.53 bits per heavy atom. The van der Waals surface area contributed by atoms with Gasteiger partial charge in [-0.1, -0.05) is 18.7 Å². The number of carbonyl (C=O) groups is 2. The van der Waals surface area contributed by atoms with E-state index in [1.165, 1.54) is 12.8 Å². The third kappa shape index (κ3) is 9.78. The molecule has 2 fully saturated rings. The number of nitrogens with zero attached hydrogens (tertiary/aromatic N) is 2. The molecular formula is C30H55N3O5. The fraction of sp³-hybridized carbons (Fsp3) is 0.800. The molecule has 0 aromatic rings. The molecule has 8 nitrogen and oxygen atoms in total. The molecule has 0 aromatic carbocycles. The lowest BCUT2D eigenvalue weighted by molar-refractivity contribution is -0.299. The van der Waals surface area contributed by atoms with Gasteiger partial charge >= 0.3 is 5.97 Å². The van der Waals surface area contributed by atoms with Gasteiger partial charge in [-0.25, -0.2) is 4.79 Å². The van der Waals surface area contributed by atoms with E-state index < -0.39 is 12.2 Å². The van der Waals surface area contributed by atoms with E-state index in [0.717, 1.165) is 25.7 Å². The van der Waals surface area contributed by atoms with Crippen LogP contribution in [0.25, 0.3) is 0 Å². The van der Waals surface area contributed by atoms with Gasteiger partial charge in [0, 0.05) is 28.7 Å². The highest BCUT2D eigenvalue weighted by Crippen LogP contribution is 2.39. The zero-order chi connectivity index (χ0) is 29.4. The van der Waals surface area contributed by atoms with Crippen molar-refractivity contribution in [1.29, 1.82) is 0 Å². The molecule has 8 heteroatoms. The zero-order valence-corrected chi connectivity index (χ0v) is 25.8. The van der Waals surface area contributed by atoms with Crippen LogP contribution in [0.1, 0.15) is 108 Å². The van der Waals surface area contributed by atoms with E-state index in [9.17, 15) is 9.59 Å². The summed E-state index contributed by atoms with van der Waals surface area (Å²) in [4.78, 5) is 35.5. The van der Waals surface area contributed by atoms with Gasteiger partial charge in [0.2, 0.25) is 0 Å². The molecule has 2 rings (SSSR count). The van der Waals surface area contributed by atoms with Gasteiger partial charge in [-0.05, 0) is 108 Å². The summed E-state index contributed by atoms with van der Waals surface area (Å²) in [5.41, 5.74) is -0.243. The smallest absolute Gasteiger partial charge is 0.337 e. The van der Waals surface area contributed by atoms with Gasteiger partial charge < -0.3 is 10.1 Å². The highest BCUT2D eigenvalue weighted by molar-refractivity contribution is 5.80. The largest absolute Gasteiger partial charge is 0.459 e. The van der Waals surface area contributed by atoms with Crippen molar-refractivity contribution in [3.63, 3.8) is 0 Å². The maximum absolute atomic E-state index is 11.9. The van der Waals surface area contributed by atoms with Crippen molar-refractivity contribution in [2.75, 3.05) is 13.2 Å². The van der Waals surface area contributed by atoms with Crippen molar-refractivity contribution in [3.05, 3.63) is 25.3 Å². The zero-order valence-electron chi connectivity index (χ0n) is 25.8. The van der Waals surface area contributed by atoms with E-state index in [0.29, 0.717) is 6.54 Å². The second-order valence-electron chi connectivity index (χ2n) is 13.0. The third-order valence-electron chi connectivity index (χ3n) is 7.35. The Morgan fingerprint density at radius 2 is 1.16 bits per heavy atom. The molecule has 2 heterocycles. The average Bonchev–Trinajstić information content (AvgIpc) is 2.80. The van der Waals surface area contributed by atoms with Crippen molar-refractivity contribution in [3.8, 4) is 0 Å². The van der Waals surface area contributed by atoms with Gasteiger partial charge in [-0.15, -0.1) is 6.58 Å². The Morgan fingerprint density at radius 1 is 0.763 bits per heavy atom. The standard InChI is InChI=1S/C15H28N2O2.C15H27NO3/c1-7-11-16-13(18)12(2)19-17-14(3,4)9-8-10-15(17,5)6;1-7-11-18-13(17)12(2)19-16-14(3,4)9-8-10-15(16,5)6/h7,12H,1,8-11H2,2-6H3,(H,16,18);7,12H,1,8-11H2,2-6H3. The van der Waals surface area contributed by atoms with E-state index in [-0.39, 0.29) is 40.6 Å². The Bertz CT molecular complexity index is 708.